The van der Waals surface area contributed by atoms with Crippen LogP contribution in [0.25, 0.3) is 0 Å². The maximum atomic E-state index is 10.8. The van der Waals surface area contributed by atoms with Gasteiger partial charge in [-0.1, -0.05) is 19.3 Å². The predicted molar refractivity (Wildman–Crippen MR) is 56.7 cm³/mol. The molecule has 4 heteroatoms. The second kappa shape index (κ2) is 5.32. The van der Waals surface area contributed by atoms with Crippen molar-refractivity contribution in [3.63, 3.8) is 0 Å². The minimum Gasteiger partial charge on any atom is -0.368 e. The highest BCUT2D eigenvalue weighted by molar-refractivity contribution is 5.79. The molecule has 1 aliphatic carbocycles. The number of amides is 1. The van der Waals surface area contributed by atoms with Gasteiger partial charge in [0.05, 0.1) is 6.04 Å². The van der Waals surface area contributed by atoms with Crippen LogP contribution in [0, 0.1) is 0 Å². The van der Waals surface area contributed by atoms with Crippen LogP contribution >= 0.6 is 0 Å². The third kappa shape index (κ3) is 3.27. The van der Waals surface area contributed by atoms with Gasteiger partial charge in [-0.3, -0.25) is 4.79 Å². The van der Waals surface area contributed by atoms with Crippen molar-refractivity contribution in [2.24, 2.45) is 11.5 Å². The van der Waals surface area contributed by atoms with Crippen LogP contribution in [0.4, 0.5) is 0 Å². The molecule has 0 heterocycles. The lowest BCUT2D eigenvalue weighted by Crippen LogP contribution is -2.48. The van der Waals surface area contributed by atoms with Gasteiger partial charge in [-0.15, -0.1) is 0 Å². The van der Waals surface area contributed by atoms with Crippen LogP contribution in [-0.2, 0) is 4.79 Å². The van der Waals surface area contributed by atoms with E-state index in [9.17, 15) is 4.79 Å². The number of rotatable bonds is 4. The van der Waals surface area contributed by atoms with Crippen molar-refractivity contribution in [1.82, 2.24) is 4.90 Å². The first-order valence-corrected chi connectivity index (χ1v) is 5.36. The summed E-state index contributed by atoms with van der Waals surface area (Å²) < 4.78 is 0. The summed E-state index contributed by atoms with van der Waals surface area (Å²) in [6.07, 6.45) is 6.37. The number of carbonyl (C=O) groups is 1. The Morgan fingerprint density at radius 2 is 2.00 bits per heavy atom. The quantitative estimate of drug-likeness (QED) is 0.672. The fourth-order valence-corrected chi connectivity index (χ4v) is 2.07. The van der Waals surface area contributed by atoms with Gasteiger partial charge in [-0.25, -0.2) is 0 Å². The minimum atomic E-state index is -0.526. The largest absolute Gasteiger partial charge is 0.368 e. The number of nitrogens with zero attached hydrogens (tertiary/aromatic N) is 1. The highest BCUT2D eigenvalue weighted by atomic mass is 16.1. The zero-order chi connectivity index (χ0) is 10.6. The van der Waals surface area contributed by atoms with E-state index < -0.39 is 11.9 Å². The van der Waals surface area contributed by atoms with Crippen molar-refractivity contribution in [3.05, 3.63) is 0 Å². The highest BCUT2D eigenvalue weighted by Crippen LogP contribution is 2.21. The average molecular weight is 199 g/mol. The van der Waals surface area contributed by atoms with E-state index in [0.717, 1.165) is 0 Å². The molecule has 0 aromatic rings. The van der Waals surface area contributed by atoms with Crippen molar-refractivity contribution in [1.29, 1.82) is 0 Å². The van der Waals surface area contributed by atoms with E-state index in [-0.39, 0.29) is 0 Å². The molecule has 0 radical (unpaired) electrons. The Labute approximate surface area is 85.6 Å². The van der Waals surface area contributed by atoms with Gasteiger partial charge >= 0.3 is 0 Å². The normalized spacial score (nSPS) is 21.1. The highest BCUT2D eigenvalue weighted by Gasteiger charge is 2.21. The topological polar surface area (TPSA) is 72.3 Å². The van der Waals surface area contributed by atoms with Crippen LogP contribution in [0.5, 0.6) is 0 Å². The molecule has 0 saturated heterocycles. The minimum absolute atomic E-state index is 0.410. The fourth-order valence-electron chi connectivity index (χ4n) is 2.07. The summed E-state index contributed by atoms with van der Waals surface area (Å²) in [6.45, 7) is 0.583. The smallest absolute Gasteiger partial charge is 0.235 e. The molecule has 1 aliphatic rings. The molecule has 1 unspecified atom stereocenters. The molecule has 1 atom stereocenters. The summed E-state index contributed by atoms with van der Waals surface area (Å²) in [4.78, 5) is 13.0. The second-order valence-electron chi connectivity index (χ2n) is 4.24. The summed E-state index contributed by atoms with van der Waals surface area (Å²) >= 11 is 0. The average Bonchev–Trinajstić information content (AvgIpc) is 2.19. The number of primary amides is 1. The Bertz CT molecular complexity index is 190. The van der Waals surface area contributed by atoms with Crippen LogP contribution in [0.3, 0.4) is 0 Å². The fraction of sp³-hybridized carbons (Fsp3) is 0.900. The molecule has 1 rings (SSSR count). The number of hydrogen-bond donors (Lipinski definition) is 2. The summed E-state index contributed by atoms with van der Waals surface area (Å²) in [5.74, 6) is -0.410. The Hall–Kier alpha value is -0.610. The van der Waals surface area contributed by atoms with Gasteiger partial charge < -0.3 is 16.4 Å². The van der Waals surface area contributed by atoms with Crippen LogP contribution in [0.1, 0.15) is 32.1 Å². The van der Waals surface area contributed by atoms with Crippen LogP contribution in [-0.4, -0.2) is 36.5 Å². The van der Waals surface area contributed by atoms with Gasteiger partial charge in [-0.05, 0) is 19.9 Å². The number of carbonyl (C=O) groups excluding carboxylic acids is 1. The van der Waals surface area contributed by atoms with Crippen molar-refractivity contribution in [3.8, 4) is 0 Å². The summed E-state index contributed by atoms with van der Waals surface area (Å²) in [7, 11) is 2.03. The lowest BCUT2D eigenvalue weighted by molar-refractivity contribution is -0.119. The maximum absolute atomic E-state index is 10.8. The Morgan fingerprint density at radius 1 is 1.43 bits per heavy atom. The predicted octanol–water partition coefficient (Wildman–Crippen LogP) is 0.0635. The van der Waals surface area contributed by atoms with Crippen molar-refractivity contribution < 1.29 is 4.79 Å². The molecule has 0 aromatic heterocycles. The van der Waals surface area contributed by atoms with Crippen molar-refractivity contribution in [2.75, 3.05) is 13.6 Å². The summed E-state index contributed by atoms with van der Waals surface area (Å²) in [6, 6.07) is 0.0658. The third-order valence-electron chi connectivity index (χ3n) is 3.05. The molecular weight excluding hydrogens is 178 g/mol. The van der Waals surface area contributed by atoms with Gasteiger partial charge in [0.25, 0.3) is 0 Å². The molecule has 0 aliphatic heterocycles. The van der Waals surface area contributed by atoms with E-state index in [1.807, 2.05) is 7.05 Å². The zero-order valence-electron chi connectivity index (χ0n) is 8.91. The summed E-state index contributed by atoms with van der Waals surface area (Å²) in [5.41, 5.74) is 10.7. The molecule has 1 fully saturated rings. The van der Waals surface area contributed by atoms with Crippen LogP contribution < -0.4 is 11.5 Å². The lowest BCUT2D eigenvalue weighted by atomic mass is 9.94. The molecule has 82 valence electrons. The van der Waals surface area contributed by atoms with Crippen LogP contribution in [0.15, 0.2) is 0 Å². The van der Waals surface area contributed by atoms with Gasteiger partial charge in [0.15, 0.2) is 0 Å². The van der Waals surface area contributed by atoms with E-state index in [0.29, 0.717) is 12.6 Å². The standard InChI is InChI=1S/C10H21N3O/c1-13(7-9(11)10(12)14)8-5-3-2-4-6-8/h8-9H,2-7,11H2,1H3,(H2,12,14). The third-order valence-corrected chi connectivity index (χ3v) is 3.05. The van der Waals surface area contributed by atoms with Crippen molar-refractivity contribution in [2.45, 2.75) is 44.2 Å². The van der Waals surface area contributed by atoms with E-state index in [2.05, 4.69) is 4.90 Å². The molecule has 4 nitrogen and oxygen atoms in total. The Balaban J connectivity index is 2.32. The van der Waals surface area contributed by atoms with E-state index in [4.69, 9.17) is 11.5 Å². The first-order valence-electron chi connectivity index (χ1n) is 5.36. The van der Waals surface area contributed by atoms with E-state index in [1.165, 1.54) is 32.1 Å². The monoisotopic (exact) mass is 199 g/mol. The molecule has 0 spiro atoms. The van der Waals surface area contributed by atoms with Crippen LogP contribution in [0.2, 0.25) is 0 Å². The maximum Gasteiger partial charge on any atom is 0.235 e. The summed E-state index contributed by atoms with van der Waals surface area (Å²) in [5, 5.41) is 0. The van der Waals surface area contributed by atoms with Gasteiger partial charge in [0, 0.05) is 12.6 Å². The van der Waals surface area contributed by atoms with Gasteiger partial charge in [0.2, 0.25) is 5.91 Å². The van der Waals surface area contributed by atoms with Gasteiger partial charge in [0.1, 0.15) is 0 Å². The molecule has 14 heavy (non-hydrogen) atoms. The molecule has 1 saturated carbocycles. The molecule has 1 amide bonds. The molecular formula is C10H21N3O. The first-order chi connectivity index (χ1) is 6.61. The molecule has 0 aromatic carbocycles. The Morgan fingerprint density at radius 3 is 2.50 bits per heavy atom. The van der Waals surface area contributed by atoms with E-state index in [1.54, 1.807) is 0 Å². The first kappa shape index (κ1) is 11.5. The number of hydrogen-bond acceptors (Lipinski definition) is 3. The molecule has 4 N–H and O–H groups in total. The van der Waals surface area contributed by atoms with E-state index >= 15 is 0 Å². The Kier molecular flexibility index (Phi) is 4.35. The van der Waals surface area contributed by atoms with Gasteiger partial charge in [-0.2, -0.15) is 0 Å². The zero-order valence-corrected chi connectivity index (χ0v) is 8.91. The SMILES string of the molecule is CN(CC(N)C(N)=O)C1CCCCC1. The lowest BCUT2D eigenvalue weighted by Gasteiger charge is -2.32. The van der Waals surface area contributed by atoms with Crippen molar-refractivity contribution >= 4 is 5.91 Å². The molecule has 0 bridgehead atoms. The second-order valence-corrected chi connectivity index (χ2v) is 4.24. The number of nitrogens with two attached hydrogens (primary N) is 2. The number of likely N-dealkylation sites (N-methyl/N-ethyl adjacent to an activating group) is 1.